The summed E-state index contributed by atoms with van der Waals surface area (Å²) in [6, 6.07) is 0. The number of rotatable bonds is 5. The predicted molar refractivity (Wildman–Crippen MR) is 58.7 cm³/mol. The van der Waals surface area contributed by atoms with Crippen molar-refractivity contribution in [3.05, 3.63) is 0 Å². The average molecular weight is 382 g/mol. The first-order valence-electron chi connectivity index (χ1n) is 6.29. The Morgan fingerprint density at radius 1 is 0.826 bits per heavy atom. The summed E-state index contributed by atoms with van der Waals surface area (Å²) in [4.78, 5) is 8.96. The highest BCUT2D eigenvalue weighted by molar-refractivity contribution is 7.54. The Morgan fingerprint density at radius 3 is 1.65 bits per heavy atom. The summed E-state index contributed by atoms with van der Waals surface area (Å²) in [7, 11) is -6.81. The second-order valence-electron chi connectivity index (χ2n) is 5.07. The molecule has 13 heteroatoms. The van der Waals surface area contributed by atoms with Crippen molar-refractivity contribution in [2.45, 2.75) is 61.9 Å². The SMILES string of the molecule is O=P(O)(OC1CCCCC1)C(F)(F)C(F)(F)C(F)(F)C(F)(F)F. The molecule has 1 aliphatic rings. The molecule has 0 amide bonds. The third kappa shape index (κ3) is 3.48. The topological polar surface area (TPSA) is 46.5 Å². The van der Waals surface area contributed by atoms with Crippen molar-refractivity contribution < 1.29 is 53.5 Å². The molecule has 0 radical (unpaired) electrons. The summed E-state index contributed by atoms with van der Waals surface area (Å²) in [5.41, 5.74) is -6.63. The predicted octanol–water partition coefficient (Wildman–Crippen LogP) is 4.95. The van der Waals surface area contributed by atoms with Gasteiger partial charge in [-0.2, -0.15) is 39.5 Å². The molecule has 0 spiro atoms. The third-order valence-electron chi connectivity index (χ3n) is 3.33. The van der Waals surface area contributed by atoms with Crippen LogP contribution in [0.3, 0.4) is 0 Å². The molecule has 0 heterocycles. The van der Waals surface area contributed by atoms with Crippen LogP contribution in [0.2, 0.25) is 0 Å². The first kappa shape index (κ1) is 20.6. The van der Waals surface area contributed by atoms with Gasteiger partial charge in [-0.05, 0) is 12.8 Å². The molecule has 0 aromatic carbocycles. The van der Waals surface area contributed by atoms with Crippen LogP contribution in [0.5, 0.6) is 0 Å². The van der Waals surface area contributed by atoms with E-state index in [0.717, 1.165) is 0 Å². The molecule has 1 rings (SSSR count). The van der Waals surface area contributed by atoms with Gasteiger partial charge < -0.3 is 9.42 Å². The Balaban J connectivity index is 3.13. The lowest BCUT2D eigenvalue weighted by Gasteiger charge is -2.36. The molecule has 138 valence electrons. The number of halogens is 9. The fourth-order valence-corrected chi connectivity index (χ4v) is 3.23. The van der Waals surface area contributed by atoms with Gasteiger partial charge in [-0.15, -0.1) is 0 Å². The van der Waals surface area contributed by atoms with Gasteiger partial charge in [0, 0.05) is 0 Å². The van der Waals surface area contributed by atoms with Gasteiger partial charge in [-0.1, -0.05) is 19.3 Å². The van der Waals surface area contributed by atoms with Gasteiger partial charge >= 0.3 is 31.3 Å². The first-order valence-corrected chi connectivity index (χ1v) is 7.87. The number of alkyl halides is 9. The highest BCUT2D eigenvalue weighted by Gasteiger charge is 2.86. The fraction of sp³-hybridized carbons (Fsp3) is 1.00. The van der Waals surface area contributed by atoms with Crippen LogP contribution in [-0.2, 0) is 9.09 Å². The van der Waals surface area contributed by atoms with Crippen LogP contribution in [0.1, 0.15) is 32.1 Å². The molecule has 1 saturated carbocycles. The normalized spacial score (nSPS) is 22.0. The van der Waals surface area contributed by atoms with E-state index in [0.29, 0.717) is 19.3 Å². The Labute approximate surface area is 124 Å². The number of hydrogen-bond donors (Lipinski definition) is 1. The molecule has 0 aromatic heterocycles. The van der Waals surface area contributed by atoms with E-state index in [1.54, 1.807) is 0 Å². The van der Waals surface area contributed by atoms with Crippen molar-refractivity contribution in [1.82, 2.24) is 0 Å². The Bertz CT molecular complexity index is 471. The Morgan fingerprint density at radius 2 is 1.26 bits per heavy atom. The molecule has 23 heavy (non-hydrogen) atoms. The lowest BCUT2D eigenvalue weighted by atomic mass is 9.98. The van der Waals surface area contributed by atoms with Crippen LogP contribution in [0.15, 0.2) is 0 Å². The maximum Gasteiger partial charge on any atom is 0.460 e. The lowest BCUT2D eigenvalue weighted by molar-refractivity contribution is -0.384. The van der Waals surface area contributed by atoms with Crippen LogP contribution in [-0.4, -0.2) is 34.7 Å². The molecule has 1 aliphatic carbocycles. The summed E-state index contributed by atoms with van der Waals surface area (Å²) < 4.78 is 129. The van der Waals surface area contributed by atoms with Crippen LogP contribution in [0, 0.1) is 0 Å². The van der Waals surface area contributed by atoms with E-state index in [1.807, 2.05) is 0 Å². The Kier molecular flexibility index (Phi) is 5.46. The maximum absolute atomic E-state index is 13.4. The van der Waals surface area contributed by atoms with Gasteiger partial charge in [0.25, 0.3) is 0 Å². The number of hydrogen-bond acceptors (Lipinski definition) is 2. The van der Waals surface area contributed by atoms with Gasteiger partial charge in [0.2, 0.25) is 0 Å². The average Bonchev–Trinajstić information content (AvgIpc) is 2.37. The Hall–Kier alpha value is -0.480. The molecular weight excluding hydrogens is 370 g/mol. The van der Waals surface area contributed by atoms with Gasteiger partial charge in [-0.25, -0.2) is 0 Å². The quantitative estimate of drug-likeness (QED) is 0.541. The minimum absolute atomic E-state index is 0.0815. The summed E-state index contributed by atoms with van der Waals surface area (Å²) >= 11 is 0. The lowest BCUT2D eigenvalue weighted by Crippen LogP contribution is -2.60. The van der Waals surface area contributed by atoms with Crippen LogP contribution < -0.4 is 0 Å². The van der Waals surface area contributed by atoms with E-state index in [4.69, 9.17) is 4.89 Å². The van der Waals surface area contributed by atoms with Crippen molar-refractivity contribution in [2.75, 3.05) is 0 Å². The highest BCUT2D eigenvalue weighted by Crippen LogP contribution is 2.68. The minimum Gasteiger partial charge on any atom is -0.320 e. The smallest absolute Gasteiger partial charge is 0.320 e. The summed E-state index contributed by atoms with van der Waals surface area (Å²) in [6.07, 6.45) is -7.33. The van der Waals surface area contributed by atoms with Crippen molar-refractivity contribution in [2.24, 2.45) is 0 Å². The van der Waals surface area contributed by atoms with E-state index in [1.165, 1.54) is 0 Å². The van der Waals surface area contributed by atoms with Gasteiger partial charge in [0.15, 0.2) is 0 Å². The molecule has 1 fully saturated rings. The largest absolute Gasteiger partial charge is 0.460 e. The molecular formula is C10H12F9O3P. The summed E-state index contributed by atoms with van der Waals surface area (Å²) in [5, 5.41) is 0. The molecule has 3 nitrogen and oxygen atoms in total. The minimum atomic E-state index is -7.22. The second-order valence-corrected chi connectivity index (χ2v) is 6.89. The monoisotopic (exact) mass is 382 g/mol. The standard InChI is InChI=1S/C10H12F9O3P/c11-7(12,9(15,16)17)8(13,14)10(18,19)23(20,21)22-6-4-2-1-3-5-6/h6H,1-5H2,(H,20,21). The van der Waals surface area contributed by atoms with Gasteiger partial charge in [-0.3, -0.25) is 4.57 Å². The molecule has 0 bridgehead atoms. The molecule has 0 aliphatic heterocycles. The molecule has 1 unspecified atom stereocenters. The fourth-order valence-electron chi connectivity index (χ4n) is 1.98. The van der Waals surface area contributed by atoms with E-state index < -0.39 is 37.4 Å². The van der Waals surface area contributed by atoms with E-state index >= 15 is 0 Å². The zero-order valence-electron chi connectivity index (χ0n) is 11.2. The zero-order chi connectivity index (χ0) is 18.3. The van der Waals surface area contributed by atoms with E-state index in [2.05, 4.69) is 4.52 Å². The van der Waals surface area contributed by atoms with E-state index in [-0.39, 0.29) is 12.8 Å². The van der Waals surface area contributed by atoms with Crippen molar-refractivity contribution in [3.63, 3.8) is 0 Å². The maximum atomic E-state index is 13.4. The van der Waals surface area contributed by atoms with Crippen molar-refractivity contribution in [1.29, 1.82) is 0 Å². The summed E-state index contributed by atoms with van der Waals surface area (Å²) in [6.45, 7) is 0. The summed E-state index contributed by atoms with van der Waals surface area (Å²) in [5.74, 6) is -14.4. The van der Waals surface area contributed by atoms with Gasteiger partial charge in [0.1, 0.15) is 0 Å². The molecule has 0 saturated heterocycles. The van der Waals surface area contributed by atoms with Crippen molar-refractivity contribution in [3.8, 4) is 0 Å². The third-order valence-corrected chi connectivity index (χ3v) is 4.90. The van der Waals surface area contributed by atoms with Crippen LogP contribution in [0.4, 0.5) is 39.5 Å². The van der Waals surface area contributed by atoms with Crippen LogP contribution >= 0.6 is 7.60 Å². The molecule has 1 atom stereocenters. The van der Waals surface area contributed by atoms with Crippen LogP contribution in [0.25, 0.3) is 0 Å². The highest BCUT2D eigenvalue weighted by atomic mass is 31.2. The molecule has 1 N–H and O–H groups in total. The molecule has 0 aromatic rings. The van der Waals surface area contributed by atoms with E-state index in [9.17, 15) is 44.1 Å². The first-order chi connectivity index (χ1) is 10.1. The second kappa shape index (κ2) is 6.11. The van der Waals surface area contributed by atoms with Crippen molar-refractivity contribution >= 4 is 7.60 Å². The zero-order valence-corrected chi connectivity index (χ0v) is 12.1. The van der Waals surface area contributed by atoms with Gasteiger partial charge in [0.05, 0.1) is 6.10 Å².